The zero-order valence-electron chi connectivity index (χ0n) is 12.6. The lowest BCUT2D eigenvalue weighted by Crippen LogP contribution is -2.20. The van der Waals surface area contributed by atoms with Crippen LogP contribution in [0.1, 0.15) is 74.6 Å². The molecule has 1 rings (SSSR count). The van der Waals surface area contributed by atoms with Crippen LogP contribution in [-0.2, 0) is 0 Å². The number of hydrogen-bond acceptors (Lipinski definition) is 2. The fraction of sp³-hybridized carbons (Fsp3) is 0.750. The third-order valence-corrected chi connectivity index (χ3v) is 5.53. The molecule has 0 saturated carbocycles. The molecule has 1 aromatic heterocycles. The van der Waals surface area contributed by atoms with Crippen molar-refractivity contribution in [3.63, 3.8) is 0 Å². The highest BCUT2D eigenvalue weighted by Crippen LogP contribution is 2.34. The summed E-state index contributed by atoms with van der Waals surface area (Å²) in [6, 6.07) is 2.77. The Morgan fingerprint density at radius 1 is 1.16 bits per heavy atom. The second-order valence-electron chi connectivity index (χ2n) is 5.24. The Bertz CT molecular complexity index is 349. The monoisotopic (exact) mass is 345 g/mol. The van der Waals surface area contributed by atoms with E-state index in [4.69, 9.17) is 0 Å². The van der Waals surface area contributed by atoms with Gasteiger partial charge in [0.1, 0.15) is 0 Å². The van der Waals surface area contributed by atoms with E-state index in [0.29, 0.717) is 6.04 Å². The molecule has 0 aliphatic rings. The third-order valence-electron chi connectivity index (χ3n) is 3.45. The van der Waals surface area contributed by atoms with Crippen LogP contribution in [0.2, 0.25) is 0 Å². The van der Waals surface area contributed by atoms with Crippen LogP contribution in [0, 0.1) is 6.92 Å². The largest absolute Gasteiger partial charge is 0.309 e. The molecule has 0 amide bonds. The Hall–Kier alpha value is 0.140. The number of nitrogens with one attached hydrogen (secondary N) is 1. The van der Waals surface area contributed by atoms with E-state index in [0.717, 1.165) is 6.54 Å². The fourth-order valence-electron chi connectivity index (χ4n) is 2.44. The van der Waals surface area contributed by atoms with Crippen molar-refractivity contribution in [2.75, 3.05) is 6.54 Å². The average molecular weight is 346 g/mol. The summed E-state index contributed by atoms with van der Waals surface area (Å²) in [6.07, 6.45) is 9.52. The van der Waals surface area contributed by atoms with Gasteiger partial charge in [-0.3, -0.25) is 0 Å². The number of unbranched alkanes of at least 4 members (excludes halogenated alkanes) is 5. The number of halogens is 1. The van der Waals surface area contributed by atoms with Gasteiger partial charge in [0.15, 0.2) is 0 Å². The van der Waals surface area contributed by atoms with Crippen LogP contribution >= 0.6 is 27.3 Å². The van der Waals surface area contributed by atoms with Crippen molar-refractivity contribution in [2.45, 2.75) is 71.8 Å². The van der Waals surface area contributed by atoms with Gasteiger partial charge in [0.25, 0.3) is 0 Å². The Balaban J connectivity index is 2.38. The summed E-state index contributed by atoms with van der Waals surface area (Å²) in [5.41, 5.74) is 0. The zero-order valence-corrected chi connectivity index (χ0v) is 15.0. The molecule has 0 saturated heterocycles. The molecule has 0 aliphatic carbocycles. The predicted molar refractivity (Wildman–Crippen MR) is 91.2 cm³/mol. The van der Waals surface area contributed by atoms with E-state index in [1.165, 1.54) is 59.2 Å². The quantitative estimate of drug-likeness (QED) is 0.496. The molecule has 1 heterocycles. The first kappa shape index (κ1) is 17.2. The van der Waals surface area contributed by atoms with Crippen LogP contribution in [0.25, 0.3) is 0 Å². The Morgan fingerprint density at radius 2 is 1.84 bits per heavy atom. The Kier molecular flexibility index (Phi) is 9.01. The summed E-state index contributed by atoms with van der Waals surface area (Å²) in [5.74, 6) is 0. The maximum absolute atomic E-state index is 3.70. The van der Waals surface area contributed by atoms with Crippen molar-refractivity contribution < 1.29 is 0 Å². The first-order valence-corrected chi connectivity index (χ1v) is 9.29. The molecule has 1 nitrogen and oxygen atoms in total. The van der Waals surface area contributed by atoms with E-state index in [9.17, 15) is 0 Å². The van der Waals surface area contributed by atoms with Gasteiger partial charge >= 0.3 is 0 Å². The second kappa shape index (κ2) is 9.95. The first-order valence-electron chi connectivity index (χ1n) is 7.68. The van der Waals surface area contributed by atoms with Gasteiger partial charge in [0.2, 0.25) is 0 Å². The second-order valence-corrected chi connectivity index (χ2v) is 7.38. The lowest BCUT2D eigenvalue weighted by Gasteiger charge is -2.17. The van der Waals surface area contributed by atoms with Crippen LogP contribution in [0.5, 0.6) is 0 Å². The number of rotatable bonds is 10. The summed E-state index contributed by atoms with van der Waals surface area (Å²) in [7, 11) is 0. The summed E-state index contributed by atoms with van der Waals surface area (Å²) >= 11 is 5.63. The maximum atomic E-state index is 3.70. The van der Waals surface area contributed by atoms with Crippen molar-refractivity contribution in [1.29, 1.82) is 0 Å². The topological polar surface area (TPSA) is 12.0 Å². The fourth-order valence-corrected chi connectivity index (χ4v) is 4.48. The van der Waals surface area contributed by atoms with Crippen molar-refractivity contribution in [2.24, 2.45) is 0 Å². The molecule has 3 heteroatoms. The van der Waals surface area contributed by atoms with Gasteiger partial charge in [-0.25, -0.2) is 0 Å². The van der Waals surface area contributed by atoms with E-state index < -0.39 is 0 Å². The number of aryl methyl sites for hydroxylation is 1. The van der Waals surface area contributed by atoms with E-state index in [-0.39, 0.29) is 0 Å². The molecular weight excluding hydrogens is 318 g/mol. The molecule has 0 spiro atoms. The van der Waals surface area contributed by atoms with Gasteiger partial charge in [-0.2, -0.15) is 0 Å². The molecular formula is C16H28BrNS. The maximum Gasteiger partial charge on any atom is 0.0426 e. The lowest BCUT2D eigenvalue weighted by molar-refractivity contribution is 0.481. The van der Waals surface area contributed by atoms with E-state index in [1.54, 1.807) is 0 Å². The summed E-state index contributed by atoms with van der Waals surface area (Å²) in [5, 5.41) is 3.64. The van der Waals surface area contributed by atoms with Gasteiger partial charge in [-0.05, 0) is 41.9 Å². The van der Waals surface area contributed by atoms with Crippen LogP contribution in [0.4, 0.5) is 0 Å². The molecule has 0 aromatic carbocycles. The van der Waals surface area contributed by atoms with E-state index in [2.05, 4.69) is 48.1 Å². The molecule has 0 fully saturated rings. The molecule has 19 heavy (non-hydrogen) atoms. The minimum atomic E-state index is 0.532. The lowest BCUT2D eigenvalue weighted by atomic mass is 10.0. The SMILES string of the molecule is CCCCCCCCC(NCC)c1sc(C)cc1Br. The Morgan fingerprint density at radius 3 is 2.42 bits per heavy atom. The molecule has 110 valence electrons. The molecule has 0 aliphatic heterocycles. The average Bonchev–Trinajstić information content (AvgIpc) is 2.71. The zero-order chi connectivity index (χ0) is 14.1. The molecule has 1 N–H and O–H groups in total. The van der Waals surface area contributed by atoms with Crippen LogP contribution in [0.3, 0.4) is 0 Å². The van der Waals surface area contributed by atoms with Crippen molar-refractivity contribution >= 4 is 27.3 Å². The molecule has 1 unspecified atom stereocenters. The highest BCUT2D eigenvalue weighted by Gasteiger charge is 2.15. The van der Waals surface area contributed by atoms with E-state index >= 15 is 0 Å². The van der Waals surface area contributed by atoms with Crippen molar-refractivity contribution in [3.05, 3.63) is 20.3 Å². The number of thiophene rings is 1. The summed E-state index contributed by atoms with van der Waals surface area (Å²) in [4.78, 5) is 2.88. The van der Waals surface area contributed by atoms with Gasteiger partial charge in [-0.15, -0.1) is 11.3 Å². The molecule has 0 bridgehead atoms. The van der Waals surface area contributed by atoms with Crippen LogP contribution in [0.15, 0.2) is 10.5 Å². The van der Waals surface area contributed by atoms with Gasteiger partial charge in [-0.1, -0.05) is 52.4 Å². The smallest absolute Gasteiger partial charge is 0.0426 e. The summed E-state index contributed by atoms with van der Waals surface area (Å²) in [6.45, 7) is 7.71. The van der Waals surface area contributed by atoms with Crippen molar-refractivity contribution in [1.82, 2.24) is 5.32 Å². The van der Waals surface area contributed by atoms with Crippen molar-refractivity contribution in [3.8, 4) is 0 Å². The number of hydrogen-bond donors (Lipinski definition) is 1. The van der Waals surface area contributed by atoms with Gasteiger partial charge in [0, 0.05) is 20.3 Å². The normalized spacial score (nSPS) is 12.8. The highest BCUT2D eigenvalue weighted by atomic mass is 79.9. The molecule has 1 atom stereocenters. The molecule has 1 aromatic rings. The van der Waals surface area contributed by atoms with E-state index in [1.807, 2.05) is 11.3 Å². The minimum absolute atomic E-state index is 0.532. The Labute approximate surface area is 131 Å². The van der Waals surface area contributed by atoms with Crippen LogP contribution < -0.4 is 5.32 Å². The van der Waals surface area contributed by atoms with Crippen LogP contribution in [-0.4, -0.2) is 6.54 Å². The first-order chi connectivity index (χ1) is 9.19. The van der Waals surface area contributed by atoms with Gasteiger partial charge < -0.3 is 5.32 Å². The third kappa shape index (κ3) is 6.42. The minimum Gasteiger partial charge on any atom is -0.309 e. The highest BCUT2D eigenvalue weighted by molar-refractivity contribution is 9.10. The van der Waals surface area contributed by atoms with Gasteiger partial charge in [0.05, 0.1) is 0 Å². The standard InChI is InChI=1S/C16H28BrNS/c1-4-6-7-8-9-10-11-15(18-5-2)16-14(17)12-13(3)19-16/h12,15,18H,4-11H2,1-3H3. The summed E-state index contributed by atoms with van der Waals surface area (Å²) < 4.78 is 1.28. The predicted octanol–water partition coefficient (Wildman–Crippen LogP) is 6.22. The molecule has 0 radical (unpaired) electrons.